The fourth-order valence-electron chi connectivity index (χ4n) is 2.19. The van der Waals surface area contributed by atoms with Crippen molar-refractivity contribution >= 4 is 46.4 Å². The maximum absolute atomic E-state index is 12.3. The molecule has 1 saturated heterocycles. The zero-order valence-electron chi connectivity index (χ0n) is 12.4. The fourth-order valence-corrected chi connectivity index (χ4v) is 2.75. The molecular formula is C16H13Cl3N2O3. The zero-order valence-corrected chi connectivity index (χ0v) is 14.7. The number of carbonyl (C=O) groups is 1. The predicted octanol–water partition coefficient (Wildman–Crippen LogP) is 4.46. The summed E-state index contributed by atoms with van der Waals surface area (Å²) in [6, 6.07) is 6.47. The van der Waals surface area contributed by atoms with E-state index in [0.717, 1.165) is 6.42 Å². The molecular weight excluding hydrogens is 375 g/mol. The Morgan fingerprint density at radius 1 is 1.29 bits per heavy atom. The van der Waals surface area contributed by atoms with Crippen molar-refractivity contribution in [2.45, 2.75) is 12.5 Å². The highest BCUT2D eigenvalue weighted by molar-refractivity contribution is 6.44. The summed E-state index contributed by atoms with van der Waals surface area (Å²) in [5.41, 5.74) is 0.694. The molecule has 8 heteroatoms. The summed E-state index contributed by atoms with van der Waals surface area (Å²) in [6.07, 6.45) is 2.11. The average Bonchev–Trinajstić information content (AvgIpc) is 3.07. The third kappa shape index (κ3) is 3.92. The molecule has 3 rings (SSSR count). The van der Waals surface area contributed by atoms with Gasteiger partial charge in [-0.05, 0) is 18.2 Å². The van der Waals surface area contributed by atoms with E-state index >= 15 is 0 Å². The second-order valence-corrected chi connectivity index (χ2v) is 6.36. The van der Waals surface area contributed by atoms with E-state index in [1.54, 1.807) is 18.2 Å². The summed E-state index contributed by atoms with van der Waals surface area (Å²) in [4.78, 5) is 16.4. The number of benzene rings is 1. The molecule has 0 saturated carbocycles. The monoisotopic (exact) mass is 386 g/mol. The van der Waals surface area contributed by atoms with Gasteiger partial charge in [0.15, 0.2) is 0 Å². The highest BCUT2D eigenvalue weighted by atomic mass is 35.5. The quantitative estimate of drug-likeness (QED) is 0.841. The lowest BCUT2D eigenvalue weighted by Gasteiger charge is -2.13. The summed E-state index contributed by atoms with van der Waals surface area (Å²) in [5, 5.41) is 3.55. The summed E-state index contributed by atoms with van der Waals surface area (Å²) < 4.78 is 10.9. The number of amides is 1. The van der Waals surface area contributed by atoms with Crippen LogP contribution in [0.2, 0.25) is 15.1 Å². The number of carbonyl (C=O) groups excluding carboxylic acids is 1. The van der Waals surface area contributed by atoms with E-state index in [-0.39, 0.29) is 27.6 Å². The Morgan fingerprint density at radius 3 is 2.83 bits per heavy atom. The van der Waals surface area contributed by atoms with Gasteiger partial charge in [0.25, 0.3) is 5.91 Å². The Balaban J connectivity index is 1.73. The number of nitrogens with zero attached hydrogens (tertiary/aromatic N) is 1. The molecule has 0 spiro atoms. The van der Waals surface area contributed by atoms with Crippen LogP contribution in [0.4, 0.5) is 5.69 Å². The van der Waals surface area contributed by atoms with E-state index in [4.69, 9.17) is 44.3 Å². The van der Waals surface area contributed by atoms with E-state index in [2.05, 4.69) is 10.3 Å². The molecule has 1 aromatic heterocycles. The molecule has 1 unspecified atom stereocenters. The van der Waals surface area contributed by atoms with Gasteiger partial charge in [-0.15, -0.1) is 0 Å². The highest BCUT2D eigenvalue weighted by Crippen LogP contribution is 2.30. The Morgan fingerprint density at radius 2 is 2.12 bits per heavy atom. The van der Waals surface area contributed by atoms with Gasteiger partial charge in [0.05, 0.1) is 34.5 Å². The van der Waals surface area contributed by atoms with Gasteiger partial charge in [-0.2, -0.15) is 0 Å². The number of hydrogen-bond donors (Lipinski definition) is 1. The van der Waals surface area contributed by atoms with Crippen LogP contribution in [0, 0.1) is 0 Å². The first-order chi connectivity index (χ1) is 11.5. The van der Waals surface area contributed by atoms with Crippen molar-refractivity contribution in [2.75, 3.05) is 18.5 Å². The summed E-state index contributed by atoms with van der Waals surface area (Å²) >= 11 is 18.1. The minimum atomic E-state index is -0.399. The van der Waals surface area contributed by atoms with Crippen LogP contribution < -0.4 is 10.1 Å². The second kappa shape index (κ2) is 7.57. The van der Waals surface area contributed by atoms with Crippen LogP contribution in [0.3, 0.4) is 0 Å². The van der Waals surface area contributed by atoms with E-state index in [1.165, 1.54) is 12.3 Å². The van der Waals surface area contributed by atoms with Crippen LogP contribution in [0.15, 0.2) is 30.5 Å². The SMILES string of the molecule is O=C(Nc1cccc(Cl)c1Cl)c1cnc(OC2CCOC2)c(Cl)c1. The van der Waals surface area contributed by atoms with E-state index in [9.17, 15) is 4.79 Å². The number of rotatable bonds is 4. The minimum Gasteiger partial charge on any atom is -0.471 e. The number of aromatic nitrogens is 1. The van der Waals surface area contributed by atoms with Crippen molar-refractivity contribution in [3.63, 3.8) is 0 Å². The van der Waals surface area contributed by atoms with Crippen molar-refractivity contribution in [3.05, 3.63) is 51.1 Å². The number of ether oxygens (including phenoxy) is 2. The van der Waals surface area contributed by atoms with Gasteiger partial charge >= 0.3 is 0 Å². The Kier molecular flexibility index (Phi) is 5.46. The van der Waals surface area contributed by atoms with Gasteiger partial charge in [-0.3, -0.25) is 4.79 Å². The van der Waals surface area contributed by atoms with Gasteiger partial charge in [0.2, 0.25) is 5.88 Å². The molecule has 1 aliphatic rings. The predicted molar refractivity (Wildman–Crippen MR) is 93.5 cm³/mol. The third-order valence-electron chi connectivity index (χ3n) is 3.44. The Hall–Kier alpha value is -1.53. The van der Waals surface area contributed by atoms with Crippen molar-refractivity contribution in [2.24, 2.45) is 0 Å². The van der Waals surface area contributed by atoms with Crippen LogP contribution in [-0.4, -0.2) is 30.2 Å². The van der Waals surface area contributed by atoms with Crippen LogP contribution in [0.1, 0.15) is 16.8 Å². The molecule has 1 atom stereocenters. The average molecular weight is 388 g/mol. The topological polar surface area (TPSA) is 60.5 Å². The van der Waals surface area contributed by atoms with Gasteiger partial charge < -0.3 is 14.8 Å². The molecule has 24 heavy (non-hydrogen) atoms. The fraction of sp³-hybridized carbons (Fsp3) is 0.250. The first-order valence-corrected chi connectivity index (χ1v) is 8.33. The first-order valence-electron chi connectivity index (χ1n) is 7.20. The molecule has 1 aliphatic heterocycles. The highest BCUT2D eigenvalue weighted by Gasteiger charge is 2.20. The molecule has 1 amide bonds. The van der Waals surface area contributed by atoms with Gasteiger partial charge in [0, 0.05) is 12.6 Å². The summed E-state index contributed by atoms with van der Waals surface area (Å²) in [6.45, 7) is 1.16. The maximum atomic E-state index is 12.3. The van der Waals surface area contributed by atoms with E-state index < -0.39 is 5.91 Å². The third-order valence-corrected chi connectivity index (χ3v) is 4.53. The normalized spacial score (nSPS) is 16.9. The number of halogens is 3. The number of anilines is 1. The molecule has 0 bridgehead atoms. The lowest BCUT2D eigenvalue weighted by molar-refractivity contribution is 0.102. The van der Waals surface area contributed by atoms with Crippen molar-refractivity contribution < 1.29 is 14.3 Å². The Bertz CT molecular complexity index is 764. The molecule has 5 nitrogen and oxygen atoms in total. The van der Waals surface area contributed by atoms with Crippen molar-refractivity contribution in [1.29, 1.82) is 0 Å². The lowest BCUT2D eigenvalue weighted by Crippen LogP contribution is -2.17. The van der Waals surface area contributed by atoms with Crippen LogP contribution in [-0.2, 0) is 4.74 Å². The molecule has 2 aromatic rings. The van der Waals surface area contributed by atoms with Crippen molar-refractivity contribution in [3.8, 4) is 5.88 Å². The summed E-state index contributed by atoms with van der Waals surface area (Å²) in [7, 11) is 0. The molecule has 126 valence electrons. The minimum absolute atomic E-state index is 0.0695. The van der Waals surface area contributed by atoms with Gasteiger partial charge in [0.1, 0.15) is 11.1 Å². The van der Waals surface area contributed by atoms with E-state index in [1.807, 2.05) is 0 Å². The van der Waals surface area contributed by atoms with Crippen LogP contribution in [0.25, 0.3) is 0 Å². The molecule has 0 radical (unpaired) electrons. The van der Waals surface area contributed by atoms with Crippen molar-refractivity contribution in [1.82, 2.24) is 4.98 Å². The molecule has 1 N–H and O–H groups in total. The smallest absolute Gasteiger partial charge is 0.257 e. The van der Waals surface area contributed by atoms with E-state index in [0.29, 0.717) is 23.9 Å². The maximum Gasteiger partial charge on any atom is 0.257 e. The van der Waals surface area contributed by atoms with Crippen LogP contribution >= 0.6 is 34.8 Å². The molecule has 1 fully saturated rings. The number of nitrogens with one attached hydrogen (secondary N) is 1. The number of hydrogen-bond acceptors (Lipinski definition) is 4. The molecule has 2 heterocycles. The van der Waals surface area contributed by atoms with Crippen LogP contribution in [0.5, 0.6) is 5.88 Å². The first kappa shape index (κ1) is 17.3. The molecule has 1 aromatic carbocycles. The Labute approximate surface area is 153 Å². The lowest BCUT2D eigenvalue weighted by atomic mass is 10.2. The second-order valence-electron chi connectivity index (χ2n) is 5.17. The van der Waals surface area contributed by atoms with Gasteiger partial charge in [-0.1, -0.05) is 40.9 Å². The molecule has 0 aliphatic carbocycles. The largest absolute Gasteiger partial charge is 0.471 e. The summed E-state index contributed by atoms with van der Waals surface area (Å²) in [5.74, 6) is -0.117. The van der Waals surface area contributed by atoms with Gasteiger partial charge in [-0.25, -0.2) is 4.98 Å². The number of pyridine rings is 1. The zero-order chi connectivity index (χ0) is 17.1. The standard InChI is InChI=1S/C16H13Cl3N2O3/c17-11-2-1-3-13(14(11)19)21-15(22)9-6-12(18)16(20-7-9)24-10-4-5-23-8-10/h1-3,6-7,10H,4-5,8H2,(H,21,22).